The molecule has 0 heterocycles. The van der Waals surface area contributed by atoms with Crippen molar-refractivity contribution in [3.63, 3.8) is 0 Å². The Morgan fingerprint density at radius 2 is 1.70 bits per heavy atom. The zero-order valence-electron chi connectivity index (χ0n) is 13.3. The van der Waals surface area contributed by atoms with Crippen molar-refractivity contribution in [1.82, 2.24) is 0 Å². The fourth-order valence-corrected chi connectivity index (χ4v) is 3.33. The van der Waals surface area contributed by atoms with Gasteiger partial charge >= 0.3 is 0 Å². The summed E-state index contributed by atoms with van der Waals surface area (Å²) in [5.41, 5.74) is 1.54. The number of aliphatic hydroxyl groups excluding tert-OH is 1. The largest absolute Gasteiger partial charge is 0.393 e. The molecule has 2 atom stereocenters. The second-order valence-corrected chi connectivity index (χ2v) is 7.18. The molecular formula is C18H22NO3S. The van der Waals surface area contributed by atoms with Crippen molar-refractivity contribution in [3.8, 4) is 0 Å². The van der Waals surface area contributed by atoms with Crippen LogP contribution in [0, 0.1) is 6.42 Å². The molecule has 2 aromatic carbocycles. The van der Waals surface area contributed by atoms with Crippen LogP contribution in [-0.4, -0.2) is 19.6 Å². The van der Waals surface area contributed by atoms with E-state index in [9.17, 15) is 13.5 Å². The second kappa shape index (κ2) is 7.62. The van der Waals surface area contributed by atoms with Gasteiger partial charge in [0.2, 0.25) is 0 Å². The van der Waals surface area contributed by atoms with Crippen molar-refractivity contribution in [2.24, 2.45) is 0 Å². The van der Waals surface area contributed by atoms with Gasteiger partial charge in [0, 0.05) is 5.69 Å². The summed E-state index contributed by atoms with van der Waals surface area (Å²) >= 11 is 0. The fraction of sp³-hybridized carbons (Fsp3) is 0.278. The Labute approximate surface area is 138 Å². The van der Waals surface area contributed by atoms with Crippen molar-refractivity contribution >= 4 is 15.7 Å². The maximum Gasteiger partial charge on any atom is 0.261 e. The third kappa shape index (κ3) is 4.81. The molecule has 2 rings (SSSR count). The first-order valence-corrected chi connectivity index (χ1v) is 9.11. The molecule has 2 N–H and O–H groups in total. The first-order valence-electron chi connectivity index (χ1n) is 7.63. The van der Waals surface area contributed by atoms with Crippen molar-refractivity contribution in [1.29, 1.82) is 0 Å². The van der Waals surface area contributed by atoms with E-state index in [-0.39, 0.29) is 10.8 Å². The van der Waals surface area contributed by atoms with Crippen LogP contribution in [0.5, 0.6) is 0 Å². The quantitative estimate of drug-likeness (QED) is 0.814. The monoisotopic (exact) mass is 332 g/mol. The Hall–Kier alpha value is -1.85. The van der Waals surface area contributed by atoms with Crippen LogP contribution in [0.25, 0.3) is 0 Å². The summed E-state index contributed by atoms with van der Waals surface area (Å²) < 4.78 is 27.1. The maximum absolute atomic E-state index is 12.3. The number of sulfonamides is 1. The lowest BCUT2D eigenvalue weighted by Gasteiger charge is -2.16. The lowest BCUT2D eigenvalue weighted by Crippen LogP contribution is -2.13. The molecule has 0 spiro atoms. The van der Waals surface area contributed by atoms with E-state index in [4.69, 9.17) is 0 Å². The number of hydrogen-bond acceptors (Lipinski definition) is 3. The molecule has 123 valence electrons. The minimum Gasteiger partial charge on any atom is -0.393 e. The highest BCUT2D eigenvalue weighted by Crippen LogP contribution is 2.23. The lowest BCUT2D eigenvalue weighted by atomic mass is 9.94. The molecule has 0 saturated carbocycles. The van der Waals surface area contributed by atoms with Gasteiger partial charge in [0.15, 0.2) is 0 Å². The SMILES string of the molecule is CCC(O)[CH]C(C)c1ccc(NS(=O)(=O)c2ccccc2)cc1. The molecule has 0 aromatic heterocycles. The van der Waals surface area contributed by atoms with Crippen molar-refractivity contribution in [2.45, 2.75) is 37.2 Å². The molecule has 0 amide bonds. The molecule has 0 fully saturated rings. The van der Waals surface area contributed by atoms with Crippen LogP contribution < -0.4 is 4.72 Å². The topological polar surface area (TPSA) is 66.4 Å². The van der Waals surface area contributed by atoms with Crippen LogP contribution in [0.15, 0.2) is 59.5 Å². The highest BCUT2D eigenvalue weighted by Gasteiger charge is 2.14. The highest BCUT2D eigenvalue weighted by molar-refractivity contribution is 7.92. The number of hydrogen-bond donors (Lipinski definition) is 2. The van der Waals surface area contributed by atoms with Gasteiger partial charge in [0.25, 0.3) is 10.0 Å². The standard InChI is InChI=1S/C18H22NO3S/c1-3-17(20)13-14(2)15-9-11-16(12-10-15)19-23(21,22)18-7-5-4-6-8-18/h4-14,17,19-20H,3H2,1-2H3. The van der Waals surface area contributed by atoms with Gasteiger partial charge in [-0.05, 0) is 48.6 Å². The molecule has 2 unspecified atom stereocenters. The molecule has 0 saturated heterocycles. The lowest BCUT2D eigenvalue weighted by molar-refractivity contribution is 0.196. The van der Waals surface area contributed by atoms with Gasteiger partial charge < -0.3 is 5.11 Å². The Morgan fingerprint density at radius 3 is 2.26 bits per heavy atom. The third-order valence-electron chi connectivity index (χ3n) is 3.67. The van der Waals surface area contributed by atoms with Crippen LogP contribution in [0.2, 0.25) is 0 Å². The van der Waals surface area contributed by atoms with Gasteiger partial charge in [-0.1, -0.05) is 44.2 Å². The van der Waals surface area contributed by atoms with E-state index >= 15 is 0 Å². The van der Waals surface area contributed by atoms with E-state index in [1.807, 2.05) is 32.4 Å². The van der Waals surface area contributed by atoms with Gasteiger partial charge in [0.1, 0.15) is 0 Å². The number of rotatable bonds is 7. The Balaban J connectivity index is 2.08. The summed E-state index contributed by atoms with van der Waals surface area (Å²) in [7, 11) is -3.57. The summed E-state index contributed by atoms with van der Waals surface area (Å²) in [6.45, 7) is 3.93. The number of aliphatic hydroxyl groups is 1. The molecule has 4 nitrogen and oxygen atoms in total. The van der Waals surface area contributed by atoms with Crippen LogP contribution >= 0.6 is 0 Å². The van der Waals surface area contributed by atoms with Crippen LogP contribution in [0.4, 0.5) is 5.69 Å². The molecule has 0 aliphatic rings. The highest BCUT2D eigenvalue weighted by atomic mass is 32.2. The molecule has 5 heteroatoms. The van der Waals surface area contributed by atoms with Crippen molar-refractivity contribution in [2.75, 3.05) is 4.72 Å². The van der Waals surface area contributed by atoms with E-state index in [0.29, 0.717) is 12.1 Å². The molecular weight excluding hydrogens is 310 g/mol. The first kappa shape index (κ1) is 17.5. The van der Waals surface area contributed by atoms with E-state index in [1.165, 1.54) is 0 Å². The van der Waals surface area contributed by atoms with Gasteiger partial charge in [-0.2, -0.15) is 0 Å². The summed E-state index contributed by atoms with van der Waals surface area (Å²) in [6.07, 6.45) is 2.13. The fourth-order valence-electron chi connectivity index (χ4n) is 2.25. The van der Waals surface area contributed by atoms with Crippen LogP contribution in [0.3, 0.4) is 0 Å². The van der Waals surface area contributed by atoms with Gasteiger partial charge in [-0.15, -0.1) is 0 Å². The average Bonchev–Trinajstić information content (AvgIpc) is 2.55. The van der Waals surface area contributed by atoms with Crippen molar-refractivity contribution in [3.05, 3.63) is 66.6 Å². The Morgan fingerprint density at radius 1 is 1.09 bits per heavy atom. The molecule has 23 heavy (non-hydrogen) atoms. The average molecular weight is 332 g/mol. The number of benzene rings is 2. The number of nitrogens with one attached hydrogen (secondary N) is 1. The van der Waals surface area contributed by atoms with E-state index in [0.717, 1.165) is 5.56 Å². The Bertz CT molecular complexity index is 712. The van der Waals surface area contributed by atoms with Crippen molar-refractivity contribution < 1.29 is 13.5 Å². The molecule has 0 aliphatic carbocycles. The molecule has 1 radical (unpaired) electrons. The molecule has 0 aliphatic heterocycles. The predicted molar refractivity (Wildman–Crippen MR) is 92.7 cm³/mol. The van der Waals surface area contributed by atoms with Crippen LogP contribution in [-0.2, 0) is 10.0 Å². The smallest absolute Gasteiger partial charge is 0.261 e. The van der Waals surface area contributed by atoms with Crippen LogP contribution in [0.1, 0.15) is 31.7 Å². The first-order chi connectivity index (χ1) is 10.9. The zero-order chi connectivity index (χ0) is 16.9. The summed E-state index contributed by atoms with van der Waals surface area (Å²) in [6, 6.07) is 15.5. The Kier molecular flexibility index (Phi) is 5.80. The summed E-state index contributed by atoms with van der Waals surface area (Å²) in [5.74, 6) is 0.102. The molecule has 0 bridgehead atoms. The summed E-state index contributed by atoms with van der Waals surface area (Å²) in [4.78, 5) is 0.233. The van der Waals surface area contributed by atoms with Gasteiger partial charge in [-0.3, -0.25) is 4.72 Å². The summed E-state index contributed by atoms with van der Waals surface area (Å²) in [5, 5.41) is 9.68. The van der Waals surface area contributed by atoms with E-state index in [2.05, 4.69) is 4.72 Å². The predicted octanol–water partition coefficient (Wildman–Crippen LogP) is 3.57. The zero-order valence-corrected chi connectivity index (χ0v) is 14.1. The third-order valence-corrected chi connectivity index (χ3v) is 5.07. The second-order valence-electron chi connectivity index (χ2n) is 5.50. The van der Waals surface area contributed by atoms with Gasteiger partial charge in [0.05, 0.1) is 11.0 Å². The minimum atomic E-state index is -3.57. The number of anilines is 1. The van der Waals surface area contributed by atoms with E-state index < -0.39 is 16.1 Å². The van der Waals surface area contributed by atoms with Gasteiger partial charge in [-0.25, -0.2) is 8.42 Å². The molecule has 2 aromatic rings. The normalized spacial score (nSPS) is 14.2. The minimum absolute atomic E-state index is 0.102. The maximum atomic E-state index is 12.3. The van der Waals surface area contributed by atoms with E-state index in [1.54, 1.807) is 42.5 Å².